The van der Waals surface area contributed by atoms with Gasteiger partial charge in [0.05, 0.1) is 6.61 Å². The number of anilines is 1. The van der Waals surface area contributed by atoms with Crippen LogP contribution in [0, 0.1) is 0 Å². The van der Waals surface area contributed by atoms with Crippen molar-refractivity contribution in [2.45, 2.75) is 36.0 Å². The third kappa shape index (κ3) is 2.95. The van der Waals surface area contributed by atoms with Crippen molar-refractivity contribution in [3.63, 3.8) is 0 Å². The molecule has 1 aromatic heterocycles. The summed E-state index contributed by atoms with van der Waals surface area (Å²) in [7, 11) is 0. The summed E-state index contributed by atoms with van der Waals surface area (Å²) in [4.78, 5) is 6.75. The maximum absolute atomic E-state index is 5.60. The monoisotopic (exact) mass is 346 g/mol. The summed E-state index contributed by atoms with van der Waals surface area (Å²) in [6.07, 6.45) is 3.05. The van der Waals surface area contributed by atoms with Crippen LogP contribution < -0.4 is 9.64 Å². The molecular formula is C16H18N4OS2. The van der Waals surface area contributed by atoms with Gasteiger partial charge in [0, 0.05) is 17.9 Å². The molecule has 4 rings (SSSR count). The normalized spacial score (nSPS) is 19.4. The van der Waals surface area contributed by atoms with Crippen molar-refractivity contribution in [3.8, 4) is 5.75 Å². The molecule has 0 fully saturated rings. The highest BCUT2D eigenvalue weighted by Gasteiger charge is 2.27. The third-order valence-corrected chi connectivity index (χ3v) is 5.62. The van der Waals surface area contributed by atoms with Crippen LogP contribution >= 0.6 is 23.5 Å². The van der Waals surface area contributed by atoms with E-state index in [0.717, 1.165) is 29.9 Å². The van der Waals surface area contributed by atoms with E-state index < -0.39 is 0 Å². The SMILES string of the molecule is CC(C)Sc1n[nH]c(N2C=CSC2c2ccc3c(c2)CCO3)n1. The summed E-state index contributed by atoms with van der Waals surface area (Å²) in [6.45, 7) is 5.07. The summed E-state index contributed by atoms with van der Waals surface area (Å²) < 4.78 is 5.60. The average molecular weight is 346 g/mol. The molecular weight excluding hydrogens is 328 g/mol. The Kier molecular flexibility index (Phi) is 3.98. The number of H-pyrrole nitrogens is 1. The molecule has 0 aliphatic carbocycles. The van der Waals surface area contributed by atoms with Gasteiger partial charge in [-0.2, -0.15) is 4.98 Å². The number of nitrogens with one attached hydrogen (secondary N) is 1. The topological polar surface area (TPSA) is 54.0 Å². The van der Waals surface area contributed by atoms with Gasteiger partial charge >= 0.3 is 0 Å². The molecule has 1 N–H and O–H groups in total. The molecule has 120 valence electrons. The number of nitrogens with zero attached hydrogens (tertiary/aromatic N) is 3. The minimum absolute atomic E-state index is 0.186. The van der Waals surface area contributed by atoms with Gasteiger partial charge in [0.25, 0.3) is 0 Å². The van der Waals surface area contributed by atoms with Gasteiger partial charge < -0.3 is 9.64 Å². The first-order valence-corrected chi connectivity index (χ1v) is 9.48. The van der Waals surface area contributed by atoms with E-state index in [4.69, 9.17) is 4.74 Å². The Bertz CT molecular complexity index is 743. The molecule has 1 atom stereocenters. The molecule has 0 amide bonds. The summed E-state index contributed by atoms with van der Waals surface area (Å²) in [6, 6.07) is 6.47. The van der Waals surface area contributed by atoms with Crippen molar-refractivity contribution in [1.82, 2.24) is 15.2 Å². The summed E-state index contributed by atoms with van der Waals surface area (Å²) in [5.41, 5.74) is 2.56. The highest BCUT2D eigenvalue weighted by atomic mass is 32.2. The number of thioether (sulfide) groups is 2. The van der Waals surface area contributed by atoms with Crippen molar-refractivity contribution < 1.29 is 4.74 Å². The lowest BCUT2D eigenvalue weighted by atomic mass is 10.1. The average Bonchev–Trinajstić information content (AvgIpc) is 3.25. The molecule has 23 heavy (non-hydrogen) atoms. The van der Waals surface area contributed by atoms with E-state index in [1.807, 2.05) is 0 Å². The molecule has 2 aromatic rings. The maximum atomic E-state index is 5.60. The Hall–Kier alpha value is -1.60. The van der Waals surface area contributed by atoms with E-state index >= 15 is 0 Å². The molecule has 1 aromatic carbocycles. The molecule has 7 heteroatoms. The van der Waals surface area contributed by atoms with E-state index in [1.165, 1.54) is 11.1 Å². The standard InChI is InChI=1S/C16H18N4OS2/c1-10(2)23-16-17-15(18-19-16)20-6-8-22-14(20)12-3-4-13-11(9-12)5-7-21-13/h3-4,6,8-10,14H,5,7H2,1-2H3,(H,17,18,19). The fraction of sp³-hybridized carbons (Fsp3) is 0.375. The molecule has 3 heterocycles. The van der Waals surface area contributed by atoms with Crippen LogP contribution in [0.3, 0.4) is 0 Å². The van der Waals surface area contributed by atoms with E-state index in [0.29, 0.717) is 5.25 Å². The largest absolute Gasteiger partial charge is 0.493 e. The molecule has 5 nitrogen and oxygen atoms in total. The zero-order valence-electron chi connectivity index (χ0n) is 13.0. The fourth-order valence-corrected chi connectivity index (χ4v) is 4.33. The van der Waals surface area contributed by atoms with Crippen molar-refractivity contribution in [1.29, 1.82) is 0 Å². The van der Waals surface area contributed by atoms with Crippen molar-refractivity contribution in [3.05, 3.63) is 40.9 Å². The van der Waals surface area contributed by atoms with Crippen molar-refractivity contribution in [2.75, 3.05) is 11.5 Å². The zero-order valence-corrected chi connectivity index (χ0v) is 14.7. The van der Waals surface area contributed by atoms with Gasteiger partial charge in [0.1, 0.15) is 11.1 Å². The molecule has 1 unspecified atom stereocenters. The second-order valence-corrected chi connectivity index (χ2v) is 8.29. The van der Waals surface area contributed by atoms with Crippen LogP contribution in [-0.2, 0) is 6.42 Å². The van der Waals surface area contributed by atoms with Crippen LogP contribution in [0.4, 0.5) is 5.95 Å². The summed E-state index contributed by atoms with van der Waals surface area (Å²) in [5.74, 6) is 1.81. The molecule has 0 saturated heterocycles. The van der Waals surface area contributed by atoms with Crippen LogP contribution in [0.25, 0.3) is 0 Å². The highest BCUT2D eigenvalue weighted by molar-refractivity contribution is 8.02. The first-order chi connectivity index (χ1) is 11.2. The second-order valence-electron chi connectivity index (χ2n) is 5.75. The van der Waals surface area contributed by atoms with E-state index in [9.17, 15) is 0 Å². The number of fused-ring (bicyclic) bond motifs is 1. The Morgan fingerprint density at radius 3 is 3.22 bits per heavy atom. The van der Waals surface area contributed by atoms with Gasteiger partial charge in [-0.15, -0.1) is 16.9 Å². The van der Waals surface area contributed by atoms with Crippen LogP contribution in [-0.4, -0.2) is 27.0 Å². The molecule has 0 spiro atoms. The number of aromatic amines is 1. The zero-order chi connectivity index (χ0) is 15.8. The van der Waals surface area contributed by atoms with Crippen LogP contribution in [0.5, 0.6) is 5.75 Å². The second kappa shape index (κ2) is 6.13. The van der Waals surface area contributed by atoms with Crippen molar-refractivity contribution >= 4 is 29.5 Å². The first kappa shape index (κ1) is 15.0. The predicted octanol–water partition coefficient (Wildman–Crippen LogP) is 3.96. The lowest BCUT2D eigenvalue weighted by molar-refractivity contribution is 0.357. The highest BCUT2D eigenvalue weighted by Crippen LogP contribution is 2.42. The van der Waals surface area contributed by atoms with Gasteiger partial charge in [-0.05, 0) is 28.7 Å². The third-order valence-electron chi connectivity index (χ3n) is 3.72. The van der Waals surface area contributed by atoms with E-state index in [2.05, 4.69) is 63.7 Å². The Balaban J connectivity index is 1.59. The minimum Gasteiger partial charge on any atom is -0.493 e. The Labute approximate surface area is 143 Å². The van der Waals surface area contributed by atoms with Gasteiger partial charge in [0.2, 0.25) is 11.1 Å². The quantitative estimate of drug-likeness (QED) is 0.846. The Morgan fingerprint density at radius 1 is 1.43 bits per heavy atom. The number of benzene rings is 1. The summed E-state index contributed by atoms with van der Waals surface area (Å²) in [5, 5.41) is 10.9. The maximum Gasteiger partial charge on any atom is 0.227 e. The Morgan fingerprint density at radius 2 is 2.35 bits per heavy atom. The molecule has 0 radical (unpaired) electrons. The predicted molar refractivity (Wildman–Crippen MR) is 95.0 cm³/mol. The van der Waals surface area contributed by atoms with E-state index in [1.54, 1.807) is 23.5 Å². The first-order valence-electron chi connectivity index (χ1n) is 7.66. The molecule has 2 aliphatic heterocycles. The minimum atomic E-state index is 0.186. The number of aromatic nitrogens is 3. The van der Waals surface area contributed by atoms with Crippen LogP contribution in [0.2, 0.25) is 0 Å². The number of hydrogen-bond acceptors (Lipinski definition) is 6. The van der Waals surface area contributed by atoms with Crippen molar-refractivity contribution in [2.24, 2.45) is 0 Å². The lowest BCUT2D eigenvalue weighted by Gasteiger charge is -2.22. The van der Waals surface area contributed by atoms with Crippen LogP contribution in [0.1, 0.15) is 30.3 Å². The number of rotatable bonds is 4. The number of hydrogen-bond donors (Lipinski definition) is 1. The molecule has 0 bridgehead atoms. The fourth-order valence-electron chi connectivity index (χ4n) is 2.72. The number of ether oxygens (including phenoxy) is 1. The molecule has 2 aliphatic rings. The van der Waals surface area contributed by atoms with E-state index in [-0.39, 0.29) is 5.37 Å². The lowest BCUT2D eigenvalue weighted by Crippen LogP contribution is -2.18. The smallest absolute Gasteiger partial charge is 0.227 e. The van der Waals surface area contributed by atoms with Gasteiger partial charge in [-0.3, -0.25) is 0 Å². The van der Waals surface area contributed by atoms with Crippen LogP contribution in [0.15, 0.2) is 35.0 Å². The van der Waals surface area contributed by atoms with Gasteiger partial charge in [-0.25, -0.2) is 5.10 Å². The van der Waals surface area contributed by atoms with Gasteiger partial charge in [0.15, 0.2) is 0 Å². The molecule has 0 saturated carbocycles. The summed E-state index contributed by atoms with van der Waals surface area (Å²) >= 11 is 3.44. The van der Waals surface area contributed by atoms with Gasteiger partial charge in [-0.1, -0.05) is 31.7 Å².